The molecule has 26 heavy (non-hydrogen) atoms. The zero-order chi connectivity index (χ0) is 18.2. The van der Waals surface area contributed by atoms with Gasteiger partial charge in [0.25, 0.3) is 0 Å². The van der Waals surface area contributed by atoms with E-state index in [-0.39, 0.29) is 47.9 Å². The Morgan fingerprint density at radius 2 is 2.00 bits per heavy atom. The predicted octanol–water partition coefficient (Wildman–Crippen LogP) is 1.49. The molecule has 8 heteroatoms. The Hall–Kier alpha value is -1.84. The summed E-state index contributed by atoms with van der Waals surface area (Å²) >= 11 is 0. The molecule has 3 N–H and O–H groups in total. The number of carbonyl (C=O) groups excluding carboxylic acids is 2. The molecule has 2 amide bonds. The fourth-order valence-corrected chi connectivity index (χ4v) is 2.74. The van der Waals surface area contributed by atoms with Crippen LogP contribution < -0.4 is 20.9 Å². The van der Waals surface area contributed by atoms with Gasteiger partial charge >= 0.3 is 0 Å². The number of anilines is 1. The fraction of sp³-hybridized carbons (Fsp3) is 0.500. The first-order valence-corrected chi connectivity index (χ1v) is 8.61. The van der Waals surface area contributed by atoms with E-state index in [2.05, 4.69) is 20.9 Å². The van der Waals surface area contributed by atoms with Gasteiger partial charge in [0.2, 0.25) is 11.8 Å². The third kappa shape index (κ3) is 6.81. The van der Waals surface area contributed by atoms with Gasteiger partial charge in [0.15, 0.2) is 5.96 Å². The number of nitrogens with one attached hydrogen (secondary N) is 3. The van der Waals surface area contributed by atoms with Gasteiger partial charge in [0.05, 0.1) is 6.04 Å². The Morgan fingerprint density at radius 1 is 1.31 bits per heavy atom. The van der Waals surface area contributed by atoms with E-state index in [0.29, 0.717) is 31.9 Å². The van der Waals surface area contributed by atoms with Crippen LogP contribution in [0.3, 0.4) is 0 Å². The quantitative estimate of drug-likeness (QED) is 0.332. The van der Waals surface area contributed by atoms with Crippen molar-refractivity contribution in [1.82, 2.24) is 16.0 Å². The molecule has 1 aliphatic heterocycles. The number of rotatable bonds is 6. The van der Waals surface area contributed by atoms with Crippen molar-refractivity contribution < 1.29 is 9.59 Å². The molecule has 0 aromatic heterocycles. The number of nitrogens with zero attached hydrogens (tertiary/aromatic N) is 2. The van der Waals surface area contributed by atoms with Crippen molar-refractivity contribution in [1.29, 1.82) is 0 Å². The van der Waals surface area contributed by atoms with Gasteiger partial charge in [0.1, 0.15) is 0 Å². The van der Waals surface area contributed by atoms with E-state index in [4.69, 9.17) is 0 Å². The molecule has 0 saturated carbocycles. The Morgan fingerprint density at radius 3 is 2.62 bits per heavy atom. The lowest BCUT2D eigenvalue weighted by molar-refractivity contribution is -0.121. The van der Waals surface area contributed by atoms with E-state index < -0.39 is 0 Å². The first-order chi connectivity index (χ1) is 12.0. The average molecular weight is 473 g/mol. The third-order valence-corrected chi connectivity index (χ3v) is 3.85. The fourth-order valence-electron chi connectivity index (χ4n) is 2.74. The van der Waals surface area contributed by atoms with Gasteiger partial charge in [-0.1, -0.05) is 18.2 Å². The Bertz CT molecular complexity index is 621. The van der Waals surface area contributed by atoms with Gasteiger partial charge in [-0.2, -0.15) is 0 Å². The topological polar surface area (TPSA) is 85.8 Å². The number of benzene rings is 1. The number of guanidine groups is 1. The van der Waals surface area contributed by atoms with Crippen molar-refractivity contribution in [3.63, 3.8) is 0 Å². The molecule has 0 bridgehead atoms. The van der Waals surface area contributed by atoms with Gasteiger partial charge in [-0.05, 0) is 26.0 Å². The van der Waals surface area contributed by atoms with Crippen molar-refractivity contribution in [2.24, 2.45) is 4.99 Å². The molecule has 1 unspecified atom stereocenters. The number of hydrogen-bond donors (Lipinski definition) is 3. The normalized spacial score (nSPS) is 17.1. The predicted molar refractivity (Wildman–Crippen MR) is 115 cm³/mol. The number of para-hydroxylation sites is 1. The third-order valence-electron chi connectivity index (χ3n) is 3.85. The highest BCUT2D eigenvalue weighted by atomic mass is 127. The summed E-state index contributed by atoms with van der Waals surface area (Å²) in [5.74, 6) is 0.699. The van der Waals surface area contributed by atoms with Crippen molar-refractivity contribution in [3.05, 3.63) is 30.3 Å². The molecule has 144 valence electrons. The lowest BCUT2D eigenvalue weighted by Crippen LogP contribution is -2.45. The summed E-state index contributed by atoms with van der Waals surface area (Å²) in [6.07, 6.45) is 0.794. The summed E-state index contributed by atoms with van der Waals surface area (Å²) in [5, 5.41) is 9.22. The summed E-state index contributed by atoms with van der Waals surface area (Å²) in [4.78, 5) is 29.8. The molecule has 1 fully saturated rings. The van der Waals surface area contributed by atoms with E-state index >= 15 is 0 Å². The van der Waals surface area contributed by atoms with Crippen LogP contribution in [0.5, 0.6) is 0 Å². The van der Waals surface area contributed by atoms with Crippen LogP contribution in [0.25, 0.3) is 0 Å². The molecular weight excluding hydrogens is 445 g/mol. The van der Waals surface area contributed by atoms with Crippen LogP contribution in [0.15, 0.2) is 35.3 Å². The van der Waals surface area contributed by atoms with E-state index in [0.717, 1.165) is 5.69 Å². The van der Waals surface area contributed by atoms with Crippen molar-refractivity contribution in [3.8, 4) is 0 Å². The van der Waals surface area contributed by atoms with Crippen LogP contribution in [0, 0.1) is 0 Å². The zero-order valence-electron chi connectivity index (χ0n) is 15.5. The van der Waals surface area contributed by atoms with Crippen LogP contribution in [-0.2, 0) is 9.59 Å². The number of hydrogen-bond acceptors (Lipinski definition) is 3. The van der Waals surface area contributed by atoms with E-state index in [9.17, 15) is 9.59 Å². The van der Waals surface area contributed by atoms with Crippen LogP contribution in [0.4, 0.5) is 5.69 Å². The lowest BCUT2D eigenvalue weighted by Gasteiger charge is -2.19. The second kappa shape index (κ2) is 11.0. The maximum atomic E-state index is 12.2. The minimum absolute atomic E-state index is 0. The van der Waals surface area contributed by atoms with Crippen LogP contribution in [-0.4, -0.2) is 50.0 Å². The van der Waals surface area contributed by atoms with Crippen LogP contribution in [0.1, 0.15) is 26.7 Å². The summed E-state index contributed by atoms with van der Waals surface area (Å²) in [5.41, 5.74) is 0.908. The van der Waals surface area contributed by atoms with Gasteiger partial charge in [0, 0.05) is 44.7 Å². The molecule has 1 aromatic carbocycles. The van der Waals surface area contributed by atoms with Gasteiger partial charge in [-0.15, -0.1) is 24.0 Å². The maximum Gasteiger partial charge on any atom is 0.229 e. The summed E-state index contributed by atoms with van der Waals surface area (Å²) in [7, 11) is 1.68. The summed E-state index contributed by atoms with van der Waals surface area (Å²) in [6, 6.07) is 9.77. The zero-order valence-corrected chi connectivity index (χ0v) is 17.8. The molecule has 0 aliphatic carbocycles. The molecule has 1 saturated heterocycles. The molecule has 1 heterocycles. The summed E-state index contributed by atoms with van der Waals surface area (Å²) in [6.45, 7) is 4.95. The Labute approximate surface area is 172 Å². The summed E-state index contributed by atoms with van der Waals surface area (Å²) < 4.78 is 0. The molecule has 0 radical (unpaired) electrons. The second-order valence-electron chi connectivity index (χ2n) is 6.36. The SMILES string of the molecule is CN=C(NCCC(=O)NC(C)C)NC1CC(=O)N(c2ccccc2)C1.I. The lowest BCUT2D eigenvalue weighted by atomic mass is 10.2. The Balaban J connectivity index is 0.00000338. The molecule has 1 aromatic rings. The Kier molecular flexibility index (Phi) is 9.39. The molecule has 1 atom stereocenters. The molecule has 2 rings (SSSR count). The number of aliphatic imine (C=N–C) groups is 1. The van der Waals surface area contributed by atoms with Crippen molar-refractivity contribution >= 4 is 47.4 Å². The smallest absolute Gasteiger partial charge is 0.229 e. The van der Waals surface area contributed by atoms with E-state index in [1.54, 1.807) is 11.9 Å². The molecule has 0 spiro atoms. The standard InChI is InChI=1S/C18H27N5O2.HI/c1-13(2)21-16(24)9-10-20-18(19-3)22-14-11-17(25)23(12-14)15-7-5-4-6-8-15;/h4-8,13-14H,9-12H2,1-3H3,(H,21,24)(H2,19,20,22);1H. The monoisotopic (exact) mass is 473 g/mol. The van der Waals surface area contributed by atoms with Crippen LogP contribution in [0.2, 0.25) is 0 Å². The first kappa shape index (κ1) is 22.2. The number of amides is 2. The minimum Gasteiger partial charge on any atom is -0.356 e. The van der Waals surface area contributed by atoms with Gasteiger partial charge in [-0.3, -0.25) is 14.6 Å². The van der Waals surface area contributed by atoms with E-state index in [1.807, 2.05) is 44.2 Å². The highest BCUT2D eigenvalue weighted by molar-refractivity contribution is 14.0. The van der Waals surface area contributed by atoms with Crippen molar-refractivity contribution in [2.45, 2.75) is 38.8 Å². The minimum atomic E-state index is -0.0107. The maximum absolute atomic E-state index is 12.2. The largest absolute Gasteiger partial charge is 0.356 e. The first-order valence-electron chi connectivity index (χ1n) is 8.61. The van der Waals surface area contributed by atoms with Crippen molar-refractivity contribution in [2.75, 3.05) is 25.0 Å². The molecular formula is C18H28IN5O2. The molecule has 1 aliphatic rings. The molecule has 7 nitrogen and oxygen atoms in total. The number of carbonyl (C=O) groups is 2. The highest BCUT2D eigenvalue weighted by Gasteiger charge is 2.30. The second-order valence-corrected chi connectivity index (χ2v) is 6.36. The number of halogens is 1. The van der Waals surface area contributed by atoms with Gasteiger partial charge < -0.3 is 20.9 Å². The van der Waals surface area contributed by atoms with Gasteiger partial charge in [-0.25, -0.2) is 0 Å². The average Bonchev–Trinajstić information content (AvgIpc) is 2.94. The highest BCUT2D eigenvalue weighted by Crippen LogP contribution is 2.20. The van der Waals surface area contributed by atoms with Crippen LogP contribution >= 0.6 is 24.0 Å². The van der Waals surface area contributed by atoms with E-state index in [1.165, 1.54) is 0 Å².